The third kappa shape index (κ3) is 3.53. The summed E-state index contributed by atoms with van der Waals surface area (Å²) in [5, 5.41) is 2.73. The van der Waals surface area contributed by atoms with E-state index in [0.717, 1.165) is 13.1 Å². The highest BCUT2D eigenvalue weighted by molar-refractivity contribution is 7.91. The van der Waals surface area contributed by atoms with Crippen LogP contribution in [0.5, 0.6) is 0 Å². The Labute approximate surface area is 128 Å². The Bertz CT molecular complexity index is 658. The van der Waals surface area contributed by atoms with Crippen molar-refractivity contribution in [1.82, 2.24) is 15.3 Å². The molecule has 1 amide bonds. The minimum atomic E-state index is -3.02. The normalized spacial score (nSPS) is 24.2. The molecule has 0 unspecified atom stereocenters. The Morgan fingerprint density at radius 1 is 1.32 bits per heavy atom. The van der Waals surface area contributed by atoms with E-state index in [-0.39, 0.29) is 29.1 Å². The highest BCUT2D eigenvalue weighted by atomic mass is 32.2. The van der Waals surface area contributed by atoms with Gasteiger partial charge in [0.15, 0.2) is 9.84 Å². The summed E-state index contributed by atoms with van der Waals surface area (Å²) in [6.45, 7) is 2.70. The topological polar surface area (TPSA) is 101 Å². The first-order chi connectivity index (χ1) is 10.5. The van der Waals surface area contributed by atoms with Gasteiger partial charge in [-0.2, -0.15) is 0 Å². The Hall–Kier alpha value is -1.74. The van der Waals surface area contributed by atoms with Crippen molar-refractivity contribution in [2.45, 2.75) is 12.5 Å². The van der Waals surface area contributed by atoms with Gasteiger partial charge >= 0.3 is 0 Å². The molecule has 2 saturated heterocycles. The molecule has 9 heteroatoms. The van der Waals surface area contributed by atoms with E-state index in [2.05, 4.69) is 15.3 Å². The first kappa shape index (κ1) is 15.2. The van der Waals surface area contributed by atoms with Crippen LogP contribution in [0.4, 0.5) is 5.82 Å². The van der Waals surface area contributed by atoms with E-state index < -0.39 is 9.84 Å². The molecule has 2 aliphatic heterocycles. The third-order valence-electron chi connectivity index (χ3n) is 3.79. The maximum Gasteiger partial charge on any atom is 0.270 e. The molecular weight excluding hydrogens is 308 g/mol. The van der Waals surface area contributed by atoms with E-state index in [1.165, 1.54) is 6.33 Å². The number of aromatic nitrogens is 2. The second-order valence-electron chi connectivity index (χ2n) is 5.43. The van der Waals surface area contributed by atoms with Crippen LogP contribution in [0.15, 0.2) is 12.4 Å². The van der Waals surface area contributed by atoms with Crippen molar-refractivity contribution in [3.8, 4) is 0 Å². The number of hydrogen-bond acceptors (Lipinski definition) is 7. The summed E-state index contributed by atoms with van der Waals surface area (Å²) in [5.41, 5.74) is 0.251. The zero-order chi connectivity index (χ0) is 15.6. The molecule has 0 aromatic carbocycles. The van der Waals surface area contributed by atoms with Gasteiger partial charge in [0.05, 0.1) is 24.7 Å². The standard InChI is InChI=1S/C13H18N4O4S/c18-13(16-10-1-6-22(19,20)8-10)11-7-12(15-9-14-11)17-2-4-21-5-3-17/h7,9-10H,1-6,8H2,(H,16,18)/t10-/m1/s1. The van der Waals surface area contributed by atoms with Gasteiger partial charge in [-0.15, -0.1) is 0 Å². The molecule has 2 fully saturated rings. The highest BCUT2D eigenvalue weighted by Gasteiger charge is 2.29. The molecule has 3 rings (SSSR count). The zero-order valence-corrected chi connectivity index (χ0v) is 12.9. The summed E-state index contributed by atoms with van der Waals surface area (Å²) in [6.07, 6.45) is 1.81. The third-order valence-corrected chi connectivity index (χ3v) is 5.56. The fourth-order valence-corrected chi connectivity index (χ4v) is 4.28. The van der Waals surface area contributed by atoms with Gasteiger partial charge in [-0.3, -0.25) is 4.79 Å². The lowest BCUT2D eigenvalue weighted by molar-refractivity contribution is 0.0936. The van der Waals surface area contributed by atoms with Crippen molar-refractivity contribution in [3.05, 3.63) is 18.1 Å². The van der Waals surface area contributed by atoms with Crippen LogP contribution in [0.25, 0.3) is 0 Å². The van der Waals surface area contributed by atoms with Crippen molar-refractivity contribution >= 4 is 21.6 Å². The summed E-state index contributed by atoms with van der Waals surface area (Å²) >= 11 is 0. The predicted molar refractivity (Wildman–Crippen MR) is 79.6 cm³/mol. The first-order valence-electron chi connectivity index (χ1n) is 7.19. The zero-order valence-electron chi connectivity index (χ0n) is 12.1. The molecule has 1 aromatic rings. The van der Waals surface area contributed by atoms with Crippen LogP contribution >= 0.6 is 0 Å². The largest absolute Gasteiger partial charge is 0.378 e. The predicted octanol–water partition coefficient (Wildman–Crippen LogP) is -0.770. The molecule has 1 atom stereocenters. The summed E-state index contributed by atoms with van der Waals surface area (Å²) < 4.78 is 28.1. The van der Waals surface area contributed by atoms with Crippen molar-refractivity contribution in [2.75, 3.05) is 42.7 Å². The maximum atomic E-state index is 12.2. The van der Waals surface area contributed by atoms with Gasteiger partial charge in [0, 0.05) is 25.2 Å². The molecule has 1 N–H and O–H groups in total. The van der Waals surface area contributed by atoms with Gasteiger partial charge in [-0.05, 0) is 6.42 Å². The van der Waals surface area contributed by atoms with Crippen LogP contribution in [0.2, 0.25) is 0 Å². The van der Waals surface area contributed by atoms with Gasteiger partial charge in [0.1, 0.15) is 17.8 Å². The maximum absolute atomic E-state index is 12.2. The van der Waals surface area contributed by atoms with Crippen molar-refractivity contribution in [2.24, 2.45) is 0 Å². The van der Waals surface area contributed by atoms with Crippen molar-refractivity contribution in [3.63, 3.8) is 0 Å². The average Bonchev–Trinajstić information content (AvgIpc) is 2.87. The average molecular weight is 326 g/mol. The Morgan fingerprint density at radius 2 is 2.09 bits per heavy atom. The van der Waals surface area contributed by atoms with Gasteiger partial charge in [-0.25, -0.2) is 18.4 Å². The molecule has 0 radical (unpaired) electrons. The SMILES string of the molecule is O=C(N[C@@H]1CCS(=O)(=O)C1)c1cc(N2CCOCC2)ncn1. The number of anilines is 1. The molecule has 0 spiro atoms. The fourth-order valence-electron chi connectivity index (χ4n) is 2.60. The quantitative estimate of drug-likeness (QED) is 0.778. The van der Waals surface area contributed by atoms with Crippen molar-refractivity contribution < 1.29 is 17.9 Å². The monoisotopic (exact) mass is 326 g/mol. The van der Waals surface area contributed by atoms with Gasteiger partial charge in [0.2, 0.25) is 0 Å². The van der Waals surface area contributed by atoms with Crippen molar-refractivity contribution in [1.29, 1.82) is 0 Å². The second-order valence-corrected chi connectivity index (χ2v) is 7.66. The fraction of sp³-hybridized carbons (Fsp3) is 0.615. The number of ether oxygens (including phenoxy) is 1. The van der Waals surface area contributed by atoms with Gasteiger partial charge in [0.25, 0.3) is 5.91 Å². The Morgan fingerprint density at radius 3 is 2.77 bits per heavy atom. The Balaban J connectivity index is 1.67. The van der Waals surface area contributed by atoms with E-state index >= 15 is 0 Å². The number of sulfone groups is 1. The summed E-state index contributed by atoms with van der Waals surface area (Å²) in [4.78, 5) is 22.4. The van der Waals surface area contributed by atoms with Crippen LogP contribution in [-0.4, -0.2) is 68.1 Å². The number of rotatable bonds is 3. The molecule has 120 valence electrons. The Kier molecular flexibility index (Phi) is 4.25. The molecule has 0 aliphatic carbocycles. The molecular formula is C13H18N4O4S. The molecule has 0 bridgehead atoms. The number of carbonyl (C=O) groups is 1. The lowest BCUT2D eigenvalue weighted by Gasteiger charge is -2.27. The first-order valence-corrected chi connectivity index (χ1v) is 9.02. The van der Waals surface area contributed by atoms with E-state index in [0.29, 0.717) is 25.5 Å². The molecule has 1 aromatic heterocycles. The second kappa shape index (κ2) is 6.17. The molecule has 2 aliphatic rings. The van der Waals surface area contributed by atoms with E-state index in [1.807, 2.05) is 4.90 Å². The van der Waals surface area contributed by atoms with Crippen LogP contribution < -0.4 is 10.2 Å². The number of nitrogens with zero attached hydrogens (tertiary/aromatic N) is 3. The minimum Gasteiger partial charge on any atom is -0.378 e. The number of morpholine rings is 1. The van der Waals surface area contributed by atoms with E-state index in [1.54, 1.807) is 6.07 Å². The highest BCUT2D eigenvalue weighted by Crippen LogP contribution is 2.15. The number of amides is 1. The molecule has 3 heterocycles. The van der Waals surface area contributed by atoms with Crippen LogP contribution in [0.1, 0.15) is 16.9 Å². The van der Waals surface area contributed by atoms with Gasteiger partial charge < -0.3 is 15.0 Å². The smallest absolute Gasteiger partial charge is 0.270 e. The number of nitrogens with one attached hydrogen (secondary N) is 1. The van der Waals surface area contributed by atoms with Crippen LogP contribution in [-0.2, 0) is 14.6 Å². The van der Waals surface area contributed by atoms with E-state index in [9.17, 15) is 13.2 Å². The minimum absolute atomic E-state index is 0.000143. The lowest BCUT2D eigenvalue weighted by atomic mass is 10.2. The number of carbonyl (C=O) groups excluding carboxylic acids is 1. The van der Waals surface area contributed by atoms with Crippen LogP contribution in [0.3, 0.4) is 0 Å². The van der Waals surface area contributed by atoms with Gasteiger partial charge in [-0.1, -0.05) is 0 Å². The molecule has 22 heavy (non-hydrogen) atoms. The summed E-state index contributed by atoms with van der Waals surface area (Å²) in [7, 11) is -3.02. The van der Waals surface area contributed by atoms with Crippen LogP contribution in [0, 0.1) is 0 Å². The molecule has 0 saturated carbocycles. The summed E-state index contributed by atoms with van der Waals surface area (Å²) in [6, 6.07) is 1.30. The van der Waals surface area contributed by atoms with E-state index in [4.69, 9.17) is 4.74 Å². The lowest BCUT2D eigenvalue weighted by Crippen LogP contribution is -2.38. The molecule has 8 nitrogen and oxygen atoms in total. The number of hydrogen-bond donors (Lipinski definition) is 1. The summed E-state index contributed by atoms with van der Waals surface area (Å²) in [5.74, 6) is 0.447.